The van der Waals surface area contributed by atoms with Gasteiger partial charge in [0.15, 0.2) is 5.65 Å². The van der Waals surface area contributed by atoms with Gasteiger partial charge in [-0.2, -0.15) is 10.4 Å². The number of piperidine rings is 1. The highest BCUT2D eigenvalue weighted by molar-refractivity contribution is 7.89. The molecule has 0 unspecified atom stereocenters. The zero-order valence-corrected chi connectivity index (χ0v) is 25.3. The van der Waals surface area contributed by atoms with Crippen molar-refractivity contribution in [1.82, 2.24) is 19.5 Å². The standard InChI is InChI=1S/C31H35N7O3S/c1-20(2)29-28-26(22-9-11-23(12-10-22)37-15-13-21(19-32)14-16-37)18-27(31(39)35-42(5,40)41)33-30(28)38(34-29)25-8-6-7-24(17-25)36(3)4/h6-12,17-18,20-21H,13-16H2,1-5H3,(H,35,39). The summed E-state index contributed by atoms with van der Waals surface area (Å²) in [6, 6.07) is 20.0. The van der Waals surface area contributed by atoms with Crippen LogP contribution in [0.3, 0.4) is 0 Å². The fourth-order valence-electron chi connectivity index (χ4n) is 5.31. The number of rotatable bonds is 7. The van der Waals surface area contributed by atoms with Crippen LogP contribution in [0.5, 0.6) is 0 Å². The number of benzene rings is 2. The molecule has 1 saturated heterocycles. The SMILES string of the molecule is CC(C)c1nn(-c2cccc(N(C)C)c2)c2nc(C(=O)NS(C)(=O)=O)cc(-c3ccc(N4CCC(C#N)CC4)cc3)c12. The normalized spacial score (nSPS) is 14.3. The van der Waals surface area contributed by atoms with Crippen molar-refractivity contribution in [2.45, 2.75) is 32.6 Å². The molecule has 1 aliphatic heterocycles. The molecule has 10 nitrogen and oxygen atoms in total. The van der Waals surface area contributed by atoms with Crippen molar-refractivity contribution in [2.75, 3.05) is 43.2 Å². The average molecular weight is 586 g/mol. The molecule has 4 aromatic rings. The Morgan fingerprint density at radius 2 is 1.76 bits per heavy atom. The summed E-state index contributed by atoms with van der Waals surface area (Å²) in [5.74, 6) is -0.659. The van der Waals surface area contributed by atoms with Gasteiger partial charge in [-0.15, -0.1) is 0 Å². The smallest absolute Gasteiger partial charge is 0.283 e. The summed E-state index contributed by atoms with van der Waals surface area (Å²) < 4.78 is 27.7. The zero-order valence-electron chi connectivity index (χ0n) is 24.5. The number of amides is 1. The van der Waals surface area contributed by atoms with E-state index in [1.165, 1.54) is 0 Å². The number of fused-ring (bicyclic) bond motifs is 1. The molecule has 1 amide bonds. The van der Waals surface area contributed by atoms with Gasteiger partial charge in [0, 0.05) is 44.5 Å². The van der Waals surface area contributed by atoms with Crippen LogP contribution in [0, 0.1) is 17.2 Å². The molecule has 5 rings (SSSR count). The minimum Gasteiger partial charge on any atom is -0.378 e. The van der Waals surface area contributed by atoms with Gasteiger partial charge in [0.25, 0.3) is 5.91 Å². The van der Waals surface area contributed by atoms with Crippen molar-refractivity contribution in [3.05, 3.63) is 66.0 Å². The summed E-state index contributed by atoms with van der Waals surface area (Å²) in [6.45, 7) is 5.76. The van der Waals surface area contributed by atoms with Gasteiger partial charge in [-0.25, -0.2) is 22.8 Å². The van der Waals surface area contributed by atoms with Gasteiger partial charge in [0.1, 0.15) is 5.69 Å². The van der Waals surface area contributed by atoms with Gasteiger partial charge in [-0.3, -0.25) is 4.79 Å². The van der Waals surface area contributed by atoms with Crippen LogP contribution >= 0.6 is 0 Å². The maximum atomic E-state index is 13.1. The Bertz CT molecular complexity index is 1780. The van der Waals surface area contributed by atoms with Crippen LogP contribution in [0.4, 0.5) is 11.4 Å². The van der Waals surface area contributed by atoms with Crippen LogP contribution in [0.1, 0.15) is 48.8 Å². The van der Waals surface area contributed by atoms with Crippen molar-refractivity contribution in [3.63, 3.8) is 0 Å². The van der Waals surface area contributed by atoms with Crippen LogP contribution in [-0.4, -0.2) is 62.5 Å². The number of pyridine rings is 1. The van der Waals surface area contributed by atoms with E-state index in [2.05, 4.69) is 34.5 Å². The number of carbonyl (C=O) groups excluding carboxylic acids is 1. The topological polar surface area (TPSA) is 124 Å². The lowest BCUT2D eigenvalue weighted by Crippen LogP contribution is -2.33. The van der Waals surface area contributed by atoms with E-state index in [0.717, 1.165) is 71.5 Å². The number of nitrogens with one attached hydrogen (secondary N) is 1. The number of nitriles is 1. The molecule has 0 radical (unpaired) electrons. The predicted molar refractivity (Wildman–Crippen MR) is 166 cm³/mol. The molecule has 0 spiro atoms. The van der Waals surface area contributed by atoms with Crippen molar-refractivity contribution >= 4 is 38.3 Å². The number of hydrogen-bond acceptors (Lipinski definition) is 8. The molecule has 1 aliphatic rings. The number of nitrogens with zero attached hydrogens (tertiary/aromatic N) is 6. The van der Waals surface area contributed by atoms with E-state index in [9.17, 15) is 18.5 Å². The van der Waals surface area contributed by atoms with Crippen molar-refractivity contribution in [1.29, 1.82) is 5.26 Å². The first-order valence-electron chi connectivity index (χ1n) is 13.9. The molecule has 0 saturated carbocycles. The molecule has 0 atom stereocenters. The second kappa shape index (κ2) is 11.4. The van der Waals surface area contributed by atoms with Gasteiger partial charge >= 0.3 is 0 Å². The average Bonchev–Trinajstić information content (AvgIpc) is 3.36. The molecule has 0 bridgehead atoms. The molecule has 1 N–H and O–H groups in total. The van der Waals surface area contributed by atoms with Crippen LogP contribution < -0.4 is 14.5 Å². The van der Waals surface area contributed by atoms with E-state index in [4.69, 9.17) is 5.10 Å². The van der Waals surface area contributed by atoms with E-state index in [-0.39, 0.29) is 17.5 Å². The molecule has 218 valence electrons. The van der Waals surface area contributed by atoms with Crippen LogP contribution in [-0.2, 0) is 10.0 Å². The molecule has 3 heterocycles. The Morgan fingerprint density at radius 1 is 1.07 bits per heavy atom. The van der Waals surface area contributed by atoms with Gasteiger partial charge in [-0.1, -0.05) is 32.0 Å². The maximum Gasteiger partial charge on any atom is 0.283 e. The summed E-state index contributed by atoms with van der Waals surface area (Å²) in [5, 5.41) is 15.0. The summed E-state index contributed by atoms with van der Waals surface area (Å²) in [5.41, 5.74) is 5.67. The highest BCUT2D eigenvalue weighted by Gasteiger charge is 2.25. The molecule has 1 fully saturated rings. The lowest BCUT2D eigenvalue weighted by molar-refractivity contribution is 0.0977. The summed E-state index contributed by atoms with van der Waals surface area (Å²) in [7, 11) is 0.110. The summed E-state index contributed by atoms with van der Waals surface area (Å²) in [4.78, 5) is 22.1. The van der Waals surface area contributed by atoms with Gasteiger partial charge in [0.05, 0.1) is 29.1 Å². The molecular formula is C31H35N7O3S. The molecule has 2 aromatic carbocycles. The third-order valence-corrected chi connectivity index (χ3v) is 8.09. The van der Waals surface area contributed by atoms with E-state index in [0.29, 0.717) is 5.65 Å². The van der Waals surface area contributed by atoms with E-state index < -0.39 is 15.9 Å². The van der Waals surface area contributed by atoms with Crippen LogP contribution in [0.15, 0.2) is 54.6 Å². The Hall–Kier alpha value is -4.43. The zero-order chi connectivity index (χ0) is 30.2. The second-order valence-electron chi connectivity index (χ2n) is 11.3. The predicted octanol–water partition coefficient (Wildman–Crippen LogP) is 4.71. The minimum absolute atomic E-state index is 0.0224. The number of sulfonamides is 1. The Morgan fingerprint density at radius 3 is 2.36 bits per heavy atom. The lowest BCUT2D eigenvalue weighted by atomic mass is 9.96. The van der Waals surface area contributed by atoms with E-state index in [1.54, 1.807) is 10.7 Å². The molecule has 0 aliphatic carbocycles. The van der Waals surface area contributed by atoms with Gasteiger partial charge in [-0.05, 0) is 66.3 Å². The third-order valence-electron chi connectivity index (χ3n) is 7.53. The fourth-order valence-corrected chi connectivity index (χ4v) is 5.75. The number of hydrogen-bond donors (Lipinski definition) is 1. The second-order valence-corrected chi connectivity index (χ2v) is 13.0. The van der Waals surface area contributed by atoms with Crippen molar-refractivity contribution in [2.24, 2.45) is 5.92 Å². The van der Waals surface area contributed by atoms with Crippen molar-refractivity contribution < 1.29 is 13.2 Å². The molecule has 2 aromatic heterocycles. The molecule has 11 heteroatoms. The third kappa shape index (κ3) is 5.94. The highest BCUT2D eigenvalue weighted by Crippen LogP contribution is 2.37. The Labute approximate surface area is 246 Å². The first-order valence-corrected chi connectivity index (χ1v) is 15.8. The van der Waals surface area contributed by atoms with Crippen LogP contribution in [0.25, 0.3) is 27.8 Å². The van der Waals surface area contributed by atoms with Gasteiger partial charge < -0.3 is 9.80 Å². The lowest BCUT2D eigenvalue weighted by Gasteiger charge is -2.31. The van der Waals surface area contributed by atoms with Crippen LogP contribution in [0.2, 0.25) is 0 Å². The first kappa shape index (κ1) is 29.1. The minimum atomic E-state index is -3.81. The molecule has 42 heavy (non-hydrogen) atoms. The van der Waals surface area contributed by atoms with Gasteiger partial charge in [0.2, 0.25) is 10.0 Å². The van der Waals surface area contributed by atoms with E-state index >= 15 is 0 Å². The Kier molecular flexibility index (Phi) is 7.93. The summed E-state index contributed by atoms with van der Waals surface area (Å²) in [6.07, 6.45) is 2.62. The first-order chi connectivity index (χ1) is 19.9. The monoisotopic (exact) mass is 585 g/mol. The maximum absolute atomic E-state index is 13.1. The Balaban J connectivity index is 1.69. The fraction of sp³-hybridized carbons (Fsp3) is 0.355. The number of carbonyl (C=O) groups is 1. The number of aromatic nitrogens is 3. The largest absolute Gasteiger partial charge is 0.378 e. The van der Waals surface area contributed by atoms with E-state index in [1.807, 2.05) is 67.5 Å². The highest BCUT2D eigenvalue weighted by atomic mass is 32.2. The summed E-state index contributed by atoms with van der Waals surface area (Å²) >= 11 is 0. The van der Waals surface area contributed by atoms with Crippen molar-refractivity contribution in [3.8, 4) is 22.9 Å². The molecular weight excluding hydrogens is 550 g/mol. The quantitative estimate of drug-likeness (QED) is 0.331. The number of anilines is 2.